The highest BCUT2D eigenvalue weighted by Crippen LogP contribution is 2.15. The summed E-state index contributed by atoms with van der Waals surface area (Å²) < 4.78 is 0. The SMILES string of the molecule is CCC.CNCc1ccc(Cl)c(C)c1. The van der Waals surface area contributed by atoms with Crippen molar-refractivity contribution in [3.05, 3.63) is 34.3 Å². The fourth-order valence-electron chi connectivity index (χ4n) is 1.02. The van der Waals surface area contributed by atoms with Crippen molar-refractivity contribution in [1.29, 1.82) is 0 Å². The molecular formula is C12H20ClN. The van der Waals surface area contributed by atoms with Crippen LogP contribution in [0.4, 0.5) is 0 Å². The van der Waals surface area contributed by atoms with Crippen LogP contribution in [0.3, 0.4) is 0 Å². The van der Waals surface area contributed by atoms with Crippen LogP contribution in [0.15, 0.2) is 18.2 Å². The molecule has 0 bridgehead atoms. The summed E-state index contributed by atoms with van der Waals surface area (Å²) in [4.78, 5) is 0. The van der Waals surface area contributed by atoms with Gasteiger partial charge in [0.2, 0.25) is 0 Å². The van der Waals surface area contributed by atoms with Gasteiger partial charge in [0.25, 0.3) is 0 Å². The van der Waals surface area contributed by atoms with Gasteiger partial charge in [0.1, 0.15) is 0 Å². The molecule has 0 saturated heterocycles. The standard InChI is InChI=1S/C9H12ClN.C3H8/c1-7-5-8(6-11-2)3-4-9(7)10;1-3-2/h3-5,11H,6H2,1-2H3;3H2,1-2H3. The Morgan fingerprint density at radius 2 is 1.86 bits per heavy atom. The summed E-state index contributed by atoms with van der Waals surface area (Å²) in [5.41, 5.74) is 2.41. The van der Waals surface area contributed by atoms with Gasteiger partial charge in [-0.15, -0.1) is 0 Å². The minimum absolute atomic E-state index is 0.838. The average molecular weight is 214 g/mol. The lowest BCUT2D eigenvalue weighted by Gasteiger charge is -2.02. The third-order valence-corrected chi connectivity index (χ3v) is 2.03. The second-order valence-corrected chi connectivity index (χ2v) is 3.73. The van der Waals surface area contributed by atoms with Gasteiger partial charge in [-0.3, -0.25) is 0 Å². The van der Waals surface area contributed by atoms with Crippen molar-refractivity contribution < 1.29 is 0 Å². The van der Waals surface area contributed by atoms with Gasteiger partial charge < -0.3 is 5.32 Å². The molecule has 0 saturated carbocycles. The summed E-state index contributed by atoms with van der Waals surface area (Å²) >= 11 is 5.86. The van der Waals surface area contributed by atoms with Crippen LogP contribution in [0.5, 0.6) is 0 Å². The van der Waals surface area contributed by atoms with Gasteiger partial charge in [0.05, 0.1) is 0 Å². The Labute approximate surface area is 92.5 Å². The molecule has 0 heterocycles. The zero-order valence-electron chi connectivity index (χ0n) is 9.52. The Morgan fingerprint density at radius 3 is 2.29 bits per heavy atom. The number of halogens is 1. The molecule has 0 spiro atoms. The van der Waals surface area contributed by atoms with Gasteiger partial charge in [0, 0.05) is 11.6 Å². The summed E-state index contributed by atoms with van der Waals surface area (Å²) in [5, 5.41) is 3.93. The Bertz CT molecular complexity index is 258. The summed E-state index contributed by atoms with van der Waals surface area (Å²) in [5.74, 6) is 0. The lowest BCUT2D eigenvalue weighted by molar-refractivity contribution is 0.817. The Balaban J connectivity index is 0.000000500. The summed E-state index contributed by atoms with van der Waals surface area (Å²) in [6.07, 6.45) is 1.25. The summed E-state index contributed by atoms with van der Waals surface area (Å²) in [6.45, 7) is 7.17. The van der Waals surface area contributed by atoms with E-state index in [1.807, 2.05) is 26.1 Å². The van der Waals surface area contributed by atoms with Crippen LogP contribution in [-0.2, 0) is 6.54 Å². The van der Waals surface area contributed by atoms with Crippen molar-refractivity contribution in [3.8, 4) is 0 Å². The maximum atomic E-state index is 5.86. The van der Waals surface area contributed by atoms with Gasteiger partial charge in [-0.05, 0) is 31.2 Å². The van der Waals surface area contributed by atoms with Crippen molar-refractivity contribution in [1.82, 2.24) is 5.32 Å². The fourth-order valence-corrected chi connectivity index (χ4v) is 1.14. The van der Waals surface area contributed by atoms with Crippen molar-refractivity contribution in [2.45, 2.75) is 33.7 Å². The van der Waals surface area contributed by atoms with Crippen LogP contribution in [0.25, 0.3) is 0 Å². The normalized spacial score (nSPS) is 9.21. The van der Waals surface area contributed by atoms with E-state index in [0.717, 1.165) is 17.1 Å². The molecule has 0 aliphatic heterocycles. The zero-order chi connectivity index (χ0) is 11.0. The molecule has 0 fully saturated rings. The molecule has 1 rings (SSSR count). The number of aryl methyl sites for hydroxylation is 1. The smallest absolute Gasteiger partial charge is 0.0435 e. The molecular weight excluding hydrogens is 194 g/mol. The Kier molecular flexibility index (Phi) is 7.54. The Hall–Kier alpha value is -0.530. The maximum absolute atomic E-state index is 5.86. The fraction of sp³-hybridized carbons (Fsp3) is 0.500. The molecule has 0 aromatic heterocycles. The molecule has 0 aliphatic carbocycles. The van der Waals surface area contributed by atoms with Crippen LogP contribution in [-0.4, -0.2) is 7.05 Å². The van der Waals surface area contributed by atoms with E-state index in [9.17, 15) is 0 Å². The van der Waals surface area contributed by atoms with E-state index >= 15 is 0 Å². The van der Waals surface area contributed by atoms with Gasteiger partial charge in [-0.1, -0.05) is 44.0 Å². The molecule has 2 heteroatoms. The number of rotatable bonds is 2. The summed E-state index contributed by atoms with van der Waals surface area (Å²) in [6, 6.07) is 6.06. The van der Waals surface area contributed by atoms with E-state index in [1.54, 1.807) is 0 Å². The van der Waals surface area contributed by atoms with E-state index < -0.39 is 0 Å². The first kappa shape index (κ1) is 13.5. The molecule has 0 aliphatic rings. The molecule has 0 atom stereocenters. The Morgan fingerprint density at radius 1 is 1.29 bits per heavy atom. The van der Waals surface area contributed by atoms with Crippen molar-refractivity contribution in [2.75, 3.05) is 7.05 Å². The highest BCUT2D eigenvalue weighted by molar-refractivity contribution is 6.31. The quantitative estimate of drug-likeness (QED) is 0.789. The number of hydrogen-bond donors (Lipinski definition) is 1. The van der Waals surface area contributed by atoms with Gasteiger partial charge in [-0.25, -0.2) is 0 Å². The van der Waals surface area contributed by atoms with Gasteiger partial charge >= 0.3 is 0 Å². The molecule has 1 N–H and O–H groups in total. The van der Waals surface area contributed by atoms with Crippen molar-refractivity contribution in [2.24, 2.45) is 0 Å². The summed E-state index contributed by atoms with van der Waals surface area (Å²) in [7, 11) is 1.93. The molecule has 1 aromatic rings. The van der Waals surface area contributed by atoms with E-state index in [-0.39, 0.29) is 0 Å². The average Bonchev–Trinajstić information content (AvgIpc) is 2.13. The topological polar surface area (TPSA) is 12.0 Å². The third kappa shape index (κ3) is 5.25. The zero-order valence-corrected chi connectivity index (χ0v) is 10.3. The van der Waals surface area contributed by atoms with Crippen LogP contribution in [0, 0.1) is 6.92 Å². The van der Waals surface area contributed by atoms with Crippen molar-refractivity contribution >= 4 is 11.6 Å². The first-order valence-corrected chi connectivity index (χ1v) is 5.43. The van der Waals surface area contributed by atoms with E-state index in [2.05, 4.69) is 25.2 Å². The second kappa shape index (κ2) is 7.84. The first-order chi connectivity index (χ1) is 6.65. The minimum Gasteiger partial charge on any atom is -0.316 e. The predicted molar refractivity (Wildman–Crippen MR) is 64.9 cm³/mol. The first-order valence-electron chi connectivity index (χ1n) is 5.05. The van der Waals surface area contributed by atoms with Crippen LogP contribution in [0.1, 0.15) is 31.4 Å². The number of hydrogen-bond acceptors (Lipinski definition) is 1. The molecule has 1 aromatic carbocycles. The highest BCUT2D eigenvalue weighted by Gasteiger charge is 1.95. The van der Waals surface area contributed by atoms with Crippen LogP contribution in [0.2, 0.25) is 5.02 Å². The number of nitrogens with one attached hydrogen (secondary N) is 1. The molecule has 0 unspecified atom stereocenters. The van der Waals surface area contributed by atoms with Crippen LogP contribution >= 0.6 is 11.6 Å². The monoisotopic (exact) mass is 213 g/mol. The van der Waals surface area contributed by atoms with Crippen LogP contribution < -0.4 is 5.32 Å². The number of benzene rings is 1. The molecule has 0 radical (unpaired) electrons. The molecule has 14 heavy (non-hydrogen) atoms. The maximum Gasteiger partial charge on any atom is 0.0435 e. The minimum atomic E-state index is 0.838. The molecule has 80 valence electrons. The molecule has 0 amide bonds. The van der Waals surface area contributed by atoms with Gasteiger partial charge in [0.15, 0.2) is 0 Å². The predicted octanol–water partition coefficient (Wildman–Crippen LogP) is 3.78. The van der Waals surface area contributed by atoms with E-state index in [0.29, 0.717) is 0 Å². The highest BCUT2D eigenvalue weighted by atomic mass is 35.5. The second-order valence-electron chi connectivity index (χ2n) is 3.32. The lowest BCUT2D eigenvalue weighted by Crippen LogP contribution is -2.04. The van der Waals surface area contributed by atoms with E-state index in [4.69, 9.17) is 11.6 Å². The van der Waals surface area contributed by atoms with E-state index in [1.165, 1.54) is 12.0 Å². The largest absolute Gasteiger partial charge is 0.316 e. The third-order valence-electron chi connectivity index (χ3n) is 1.60. The van der Waals surface area contributed by atoms with Gasteiger partial charge in [-0.2, -0.15) is 0 Å². The molecule has 1 nitrogen and oxygen atoms in total. The van der Waals surface area contributed by atoms with Crippen molar-refractivity contribution in [3.63, 3.8) is 0 Å². The lowest BCUT2D eigenvalue weighted by atomic mass is 10.1.